The Morgan fingerprint density at radius 1 is 0.923 bits per heavy atom. The Morgan fingerprint density at radius 2 is 1.54 bits per heavy atom. The molecule has 13 heavy (non-hydrogen) atoms. The number of nitrogens with one attached hydrogen (secondary N) is 1. The van der Waals surface area contributed by atoms with Gasteiger partial charge in [0.05, 0.1) is 0 Å². The molecule has 0 amide bonds. The van der Waals surface area contributed by atoms with Crippen LogP contribution in [-0.4, -0.2) is 36.1 Å². The SMILES string of the molecule is C1CCN(C2C[C@H]3CC[C@H](C2)N3)C1. The number of nitrogens with zero attached hydrogens (tertiary/aromatic N) is 1. The van der Waals surface area contributed by atoms with Crippen molar-refractivity contribution in [2.45, 2.75) is 56.7 Å². The van der Waals surface area contributed by atoms with Crippen LogP contribution in [0.1, 0.15) is 38.5 Å². The summed E-state index contributed by atoms with van der Waals surface area (Å²) in [7, 11) is 0. The zero-order chi connectivity index (χ0) is 8.67. The van der Waals surface area contributed by atoms with Gasteiger partial charge in [0.1, 0.15) is 0 Å². The van der Waals surface area contributed by atoms with Crippen molar-refractivity contribution in [1.82, 2.24) is 10.2 Å². The van der Waals surface area contributed by atoms with Crippen molar-refractivity contribution in [2.75, 3.05) is 13.1 Å². The summed E-state index contributed by atoms with van der Waals surface area (Å²) in [5.41, 5.74) is 0. The minimum atomic E-state index is 0.865. The lowest BCUT2D eigenvalue weighted by Crippen LogP contribution is -2.47. The van der Waals surface area contributed by atoms with E-state index in [0.717, 1.165) is 18.1 Å². The van der Waals surface area contributed by atoms with Gasteiger partial charge in [0.15, 0.2) is 0 Å². The monoisotopic (exact) mass is 180 g/mol. The van der Waals surface area contributed by atoms with Crippen molar-refractivity contribution in [2.24, 2.45) is 0 Å². The van der Waals surface area contributed by atoms with Crippen molar-refractivity contribution in [3.8, 4) is 0 Å². The summed E-state index contributed by atoms with van der Waals surface area (Å²) < 4.78 is 0. The Morgan fingerprint density at radius 3 is 2.15 bits per heavy atom. The Bertz CT molecular complexity index is 175. The van der Waals surface area contributed by atoms with E-state index < -0.39 is 0 Å². The van der Waals surface area contributed by atoms with Gasteiger partial charge in [-0.15, -0.1) is 0 Å². The van der Waals surface area contributed by atoms with Gasteiger partial charge in [-0.05, 0) is 51.6 Å². The minimum Gasteiger partial charge on any atom is -0.311 e. The maximum atomic E-state index is 3.72. The largest absolute Gasteiger partial charge is 0.311 e. The molecule has 3 aliphatic heterocycles. The third-order valence-electron chi connectivity index (χ3n) is 4.11. The summed E-state index contributed by atoms with van der Waals surface area (Å²) in [6, 6.07) is 2.66. The number of likely N-dealkylation sites (tertiary alicyclic amines) is 1. The average molecular weight is 180 g/mol. The highest BCUT2D eigenvalue weighted by Gasteiger charge is 2.36. The van der Waals surface area contributed by atoms with E-state index >= 15 is 0 Å². The molecule has 2 heteroatoms. The fourth-order valence-electron chi connectivity index (χ4n) is 3.43. The lowest BCUT2D eigenvalue weighted by molar-refractivity contribution is 0.172. The van der Waals surface area contributed by atoms with E-state index in [-0.39, 0.29) is 0 Å². The second kappa shape index (κ2) is 3.25. The molecule has 3 aliphatic rings. The van der Waals surface area contributed by atoms with E-state index in [0.29, 0.717) is 0 Å². The molecule has 0 spiro atoms. The second-order valence-electron chi connectivity index (χ2n) is 5.01. The first-order valence-electron chi connectivity index (χ1n) is 5.92. The Balaban J connectivity index is 1.65. The molecular formula is C11H20N2. The molecule has 0 saturated carbocycles. The van der Waals surface area contributed by atoms with Crippen molar-refractivity contribution < 1.29 is 0 Å². The van der Waals surface area contributed by atoms with Crippen molar-refractivity contribution in [3.63, 3.8) is 0 Å². The number of piperidine rings is 1. The van der Waals surface area contributed by atoms with Gasteiger partial charge in [0.25, 0.3) is 0 Å². The molecule has 0 unspecified atom stereocenters. The molecule has 0 aromatic heterocycles. The average Bonchev–Trinajstić information content (AvgIpc) is 2.75. The number of fused-ring (bicyclic) bond motifs is 2. The topological polar surface area (TPSA) is 15.3 Å². The molecule has 3 fully saturated rings. The lowest BCUT2D eigenvalue weighted by atomic mass is 9.99. The molecule has 2 nitrogen and oxygen atoms in total. The van der Waals surface area contributed by atoms with Gasteiger partial charge in [-0.3, -0.25) is 0 Å². The molecule has 1 N–H and O–H groups in total. The van der Waals surface area contributed by atoms with Gasteiger partial charge in [-0.2, -0.15) is 0 Å². The summed E-state index contributed by atoms with van der Waals surface area (Å²) in [6.45, 7) is 2.76. The summed E-state index contributed by atoms with van der Waals surface area (Å²) in [5, 5.41) is 3.72. The number of hydrogen-bond donors (Lipinski definition) is 1. The van der Waals surface area contributed by atoms with Crippen molar-refractivity contribution >= 4 is 0 Å². The normalized spacial score (nSPS) is 45.7. The van der Waals surface area contributed by atoms with Crippen LogP contribution in [0.2, 0.25) is 0 Å². The summed E-state index contributed by atoms with van der Waals surface area (Å²) in [5.74, 6) is 0. The highest BCUT2D eigenvalue weighted by atomic mass is 15.2. The third kappa shape index (κ3) is 1.50. The second-order valence-corrected chi connectivity index (χ2v) is 5.01. The van der Waals surface area contributed by atoms with Crippen LogP contribution in [0.3, 0.4) is 0 Å². The summed E-state index contributed by atoms with van der Waals surface area (Å²) >= 11 is 0. The molecule has 2 bridgehead atoms. The maximum absolute atomic E-state index is 3.72. The summed E-state index contributed by atoms with van der Waals surface area (Å²) in [6.07, 6.45) is 8.62. The fourth-order valence-corrected chi connectivity index (χ4v) is 3.43. The van der Waals surface area contributed by atoms with E-state index in [2.05, 4.69) is 10.2 Å². The van der Waals surface area contributed by atoms with E-state index in [1.807, 2.05) is 0 Å². The first kappa shape index (κ1) is 8.25. The van der Waals surface area contributed by atoms with Crippen LogP contribution < -0.4 is 5.32 Å². The fraction of sp³-hybridized carbons (Fsp3) is 1.00. The number of rotatable bonds is 1. The summed E-state index contributed by atoms with van der Waals surface area (Å²) in [4.78, 5) is 2.74. The predicted octanol–water partition coefficient (Wildman–Crippen LogP) is 1.37. The smallest absolute Gasteiger partial charge is 0.0125 e. The quantitative estimate of drug-likeness (QED) is 0.655. The zero-order valence-corrected chi connectivity index (χ0v) is 8.34. The van der Waals surface area contributed by atoms with E-state index in [4.69, 9.17) is 0 Å². The molecule has 74 valence electrons. The lowest BCUT2D eigenvalue weighted by Gasteiger charge is -2.35. The van der Waals surface area contributed by atoms with E-state index in [1.54, 1.807) is 0 Å². The molecular weight excluding hydrogens is 160 g/mol. The molecule has 0 aromatic carbocycles. The molecule has 2 atom stereocenters. The van der Waals surface area contributed by atoms with Crippen LogP contribution in [0.25, 0.3) is 0 Å². The van der Waals surface area contributed by atoms with Gasteiger partial charge < -0.3 is 10.2 Å². The van der Waals surface area contributed by atoms with Gasteiger partial charge in [-0.25, -0.2) is 0 Å². The molecule has 3 rings (SSSR count). The first-order valence-corrected chi connectivity index (χ1v) is 5.92. The predicted molar refractivity (Wildman–Crippen MR) is 53.8 cm³/mol. The molecule has 0 radical (unpaired) electrons. The Hall–Kier alpha value is -0.0800. The van der Waals surface area contributed by atoms with Crippen LogP contribution in [0.4, 0.5) is 0 Å². The molecule has 0 aromatic rings. The molecule has 0 aliphatic carbocycles. The Labute approximate surface area is 80.7 Å². The van der Waals surface area contributed by atoms with Gasteiger partial charge in [0.2, 0.25) is 0 Å². The van der Waals surface area contributed by atoms with Crippen molar-refractivity contribution in [3.05, 3.63) is 0 Å². The third-order valence-corrected chi connectivity index (χ3v) is 4.11. The molecule has 3 heterocycles. The van der Waals surface area contributed by atoms with Gasteiger partial charge in [-0.1, -0.05) is 0 Å². The zero-order valence-electron chi connectivity index (χ0n) is 8.34. The maximum Gasteiger partial charge on any atom is 0.0125 e. The van der Waals surface area contributed by atoms with Crippen LogP contribution in [0.5, 0.6) is 0 Å². The van der Waals surface area contributed by atoms with Gasteiger partial charge >= 0.3 is 0 Å². The standard InChI is InChI=1S/C11H20N2/c1-2-6-13(5-1)11-7-9-3-4-10(8-11)12-9/h9-12H,1-8H2/t9-,10-/m1/s1. The van der Waals surface area contributed by atoms with Crippen LogP contribution >= 0.6 is 0 Å². The minimum absolute atomic E-state index is 0.865. The Kier molecular flexibility index (Phi) is 2.06. The molecule has 3 saturated heterocycles. The van der Waals surface area contributed by atoms with Gasteiger partial charge in [0, 0.05) is 18.1 Å². The first-order chi connectivity index (χ1) is 6.42. The number of hydrogen-bond acceptors (Lipinski definition) is 2. The highest BCUT2D eigenvalue weighted by molar-refractivity contribution is 4.96. The highest BCUT2D eigenvalue weighted by Crippen LogP contribution is 2.31. The van der Waals surface area contributed by atoms with Crippen molar-refractivity contribution in [1.29, 1.82) is 0 Å². The van der Waals surface area contributed by atoms with Crippen LogP contribution in [-0.2, 0) is 0 Å². The van der Waals surface area contributed by atoms with E-state index in [9.17, 15) is 0 Å². The van der Waals surface area contributed by atoms with Crippen LogP contribution in [0, 0.1) is 0 Å². The van der Waals surface area contributed by atoms with E-state index in [1.165, 1.54) is 51.6 Å². The van der Waals surface area contributed by atoms with Crippen LogP contribution in [0.15, 0.2) is 0 Å².